The van der Waals surface area contributed by atoms with Crippen molar-refractivity contribution in [1.82, 2.24) is 15.0 Å². The quantitative estimate of drug-likeness (QED) is 0.411. The van der Waals surface area contributed by atoms with Crippen LogP contribution in [0.25, 0.3) is 22.4 Å². The summed E-state index contributed by atoms with van der Waals surface area (Å²) in [6, 6.07) is 13.6. The first-order valence-electron chi connectivity index (χ1n) is 7.88. The Bertz CT molecular complexity index is 1160. The van der Waals surface area contributed by atoms with Gasteiger partial charge in [-0.25, -0.2) is 9.97 Å². The highest BCUT2D eigenvalue weighted by Crippen LogP contribution is 2.29. The Morgan fingerprint density at radius 2 is 1.89 bits per heavy atom. The molecule has 4 aromatic rings. The van der Waals surface area contributed by atoms with E-state index in [4.69, 9.17) is 34.8 Å². The van der Waals surface area contributed by atoms with E-state index in [0.717, 1.165) is 11.1 Å². The number of hydrogen-bond acceptors (Lipinski definition) is 3. The molecular weight excluding hydrogens is 407 g/mol. The summed E-state index contributed by atoms with van der Waals surface area (Å²) in [4.78, 5) is 24.2. The lowest BCUT2D eigenvalue weighted by molar-refractivity contribution is 0.102. The van der Waals surface area contributed by atoms with E-state index in [-0.39, 0.29) is 5.91 Å². The topological polar surface area (TPSA) is 70.7 Å². The van der Waals surface area contributed by atoms with E-state index in [1.807, 2.05) is 6.07 Å². The lowest BCUT2D eigenvalue weighted by Crippen LogP contribution is -2.12. The molecule has 2 aromatic carbocycles. The molecule has 2 aromatic heterocycles. The van der Waals surface area contributed by atoms with Crippen LogP contribution in [0.5, 0.6) is 0 Å². The van der Waals surface area contributed by atoms with Crippen molar-refractivity contribution in [3.05, 3.63) is 75.5 Å². The normalized spacial score (nSPS) is 10.9. The number of pyridine rings is 1. The van der Waals surface area contributed by atoms with E-state index < -0.39 is 0 Å². The fourth-order valence-corrected chi connectivity index (χ4v) is 3.12. The summed E-state index contributed by atoms with van der Waals surface area (Å²) in [6.45, 7) is 0. The van der Waals surface area contributed by atoms with Gasteiger partial charge in [0.1, 0.15) is 11.0 Å². The van der Waals surface area contributed by atoms with Gasteiger partial charge in [0.05, 0.1) is 21.7 Å². The number of carbonyl (C=O) groups excluding carboxylic acids is 1. The van der Waals surface area contributed by atoms with Gasteiger partial charge < -0.3 is 10.3 Å². The maximum Gasteiger partial charge on any atom is 0.255 e. The smallest absolute Gasteiger partial charge is 0.255 e. The van der Waals surface area contributed by atoms with Crippen molar-refractivity contribution in [2.45, 2.75) is 0 Å². The second kappa shape index (κ2) is 7.19. The average molecular weight is 418 g/mol. The molecule has 8 heteroatoms. The Labute approximate surface area is 169 Å². The highest BCUT2D eigenvalue weighted by Gasteiger charge is 2.13. The molecule has 5 nitrogen and oxygen atoms in total. The van der Waals surface area contributed by atoms with Gasteiger partial charge in [-0.05, 0) is 42.5 Å². The van der Waals surface area contributed by atoms with Crippen LogP contribution in [0.15, 0.2) is 54.7 Å². The van der Waals surface area contributed by atoms with Gasteiger partial charge in [-0.1, -0.05) is 40.9 Å². The lowest BCUT2D eigenvalue weighted by Gasteiger charge is -2.07. The van der Waals surface area contributed by atoms with E-state index in [1.165, 1.54) is 0 Å². The molecule has 4 rings (SSSR count). The number of nitrogens with one attached hydrogen (secondary N) is 2. The fourth-order valence-electron chi connectivity index (χ4n) is 2.60. The number of fused-ring (bicyclic) bond motifs is 1. The molecule has 1 amide bonds. The van der Waals surface area contributed by atoms with Crippen LogP contribution in [0.4, 0.5) is 5.69 Å². The van der Waals surface area contributed by atoms with Crippen LogP contribution < -0.4 is 5.32 Å². The number of anilines is 1. The van der Waals surface area contributed by atoms with Gasteiger partial charge in [0.25, 0.3) is 5.91 Å². The predicted molar refractivity (Wildman–Crippen MR) is 109 cm³/mol. The van der Waals surface area contributed by atoms with Crippen molar-refractivity contribution in [2.75, 3.05) is 5.32 Å². The number of rotatable bonds is 3. The van der Waals surface area contributed by atoms with E-state index in [2.05, 4.69) is 20.3 Å². The number of aromatic amines is 1. The minimum Gasteiger partial charge on any atom is -0.338 e. The minimum absolute atomic E-state index is 0.309. The number of H-pyrrole nitrogens is 1. The van der Waals surface area contributed by atoms with Crippen LogP contribution in [0.3, 0.4) is 0 Å². The predicted octanol–water partition coefficient (Wildman–Crippen LogP) is 5.84. The molecule has 134 valence electrons. The van der Waals surface area contributed by atoms with Crippen molar-refractivity contribution in [2.24, 2.45) is 0 Å². The van der Waals surface area contributed by atoms with Gasteiger partial charge >= 0.3 is 0 Å². The Morgan fingerprint density at radius 3 is 2.63 bits per heavy atom. The Hall–Kier alpha value is -2.60. The molecule has 0 fully saturated rings. The van der Waals surface area contributed by atoms with Crippen LogP contribution in [0, 0.1) is 0 Å². The Kier molecular flexibility index (Phi) is 4.74. The molecule has 0 aliphatic heterocycles. The number of amides is 1. The number of halogens is 3. The summed E-state index contributed by atoms with van der Waals surface area (Å²) in [5.41, 5.74) is 3.09. The largest absolute Gasteiger partial charge is 0.338 e. The number of nitrogens with zero attached hydrogens (tertiary/aromatic N) is 2. The maximum atomic E-state index is 12.4. The van der Waals surface area contributed by atoms with E-state index in [0.29, 0.717) is 37.8 Å². The molecule has 0 aliphatic carbocycles. The molecule has 0 saturated carbocycles. The number of imidazole rings is 1. The summed E-state index contributed by atoms with van der Waals surface area (Å²) < 4.78 is 0. The second-order valence-electron chi connectivity index (χ2n) is 5.77. The third-order valence-corrected chi connectivity index (χ3v) is 4.68. The van der Waals surface area contributed by atoms with Crippen molar-refractivity contribution in [3.63, 3.8) is 0 Å². The zero-order chi connectivity index (χ0) is 19.0. The van der Waals surface area contributed by atoms with Crippen molar-refractivity contribution in [1.29, 1.82) is 0 Å². The molecule has 0 bridgehead atoms. The Morgan fingerprint density at radius 1 is 1.04 bits per heavy atom. The van der Waals surface area contributed by atoms with Gasteiger partial charge in [0.15, 0.2) is 0 Å². The van der Waals surface area contributed by atoms with Crippen LogP contribution in [0.2, 0.25) is 15.2 Å². The van der Waals surface area contributed by atoms with E-state index in [9.17, 15) is 4.79 Å². The highest BCUT2D eigenvalue weighted by molar-refractivity contribution is 6.35. The molecule has 0 unspecified atom stereocenters. The van der Waals surface area contributed by atoms with Crippen LogP contribution >= 0.6 is 34.8 Å². The lowest BCUT2D eigenvalue weighted by atomic mass is 10.2. The average Bonchev–Trinajstić information content (AvgIpc) is 3.05. The Balaban J connectivity index is 1.67. The standard InChI is InChI=1S/C19H11Cl3N4O/c20-12-3-1-2-10(6-12)19(27)26-14-8-16-15(7-13(14)21)24-18(25-16)11-4-5-17(22)23-9-11/h1-9H,(H,24,25)(H,26,27). The van der Waals surface area contributed by atoms with E-state index in [1.54, 1.807) is 48.7 Å². The van der Waals surface area contributed by atoms with Gasteiger partial charge in [0.2, 0.25) is 0 Å². The molecular formula is C19H11Cl3N4O. The third-order valence-electron chi connectivity index (χ3n) is 3.91. The van der Waals surface area contributed by atoms with E-state index >= 15 is 0 Å². The van der Waals surface area contributed by atoms with Gasteiger partial charge in [-0.2, -0.15) is 0 Å². The summed E-state index contributed by atoms with van der Waals surface area (Å²) >= 11 is 18.1. The van der Waals surface area contributed by atoms with Crippen molar-refractivity contribution >= 4 is 57.4 Å². The fraction of sp³-hybridized carbons (Fsp3) is 0. The highest BCUT2D eigenvalue weighted by atomic mass is 35.5. The third kappa shape index (κ3) is 3.76. The molecule has 0 aliphatic rings. The van der Waals surface area contributed by atoms with Crippen LogP contribution in [-0.2, 0) is 0 Å². The summed E-state index contributed by atoms with van der Waals surface area (Å²) in [7, 11) is 0. The second-order valence-corrected chi connectivity index (χ2v) is 7.00. The zero-order valence-electron chi connectivity index (χ0n) is 13.6. The van der Waals surface area contributed by atoms with Gasteiger partial charge in [-0.15, -0.1) is 0 Å². The molecule has 27 heavy (non-hydrogen) atoms. The molecule has 2 N–H and O–H groups in total. The maximum absolute atomic E-state index is 12.4. The number of benzene rings is 2. The number of carbonyl (C=O) groups is 1. The summed E-state index contributed by atoms with van der Waals surface area (Å²) in [5.74, 6) is 0.319. The summed E-state index contributed by atoms with van der Waals surface area (Å²) in [6.07, 6.45) is 1.63. The molecule has 0 atom stereocenters. The molecule has 0 spiro atoms. The first-order chi connectivity index (χ1) is 13.0. The number of hydrogen-bond donors (Lipinski definition) is 2. The zero-order valence-corrected chi connectivity index (χ0v) is 15.9. The van der Waals surface area contributed by atoms with Crippen LogP contribution in [-0.4, -0.2) is 20.9 Å². The van der Waals surface area contributed by atoms with Gasteiger partial charge in [-0.3, -0.25) is 4.79 Å². The monoisotopic (exact) mass is 416 g/mol. The first kappa shape index (κ1) is 17.8. The first-order valence-corrected chi connectivity index (χ1v) is 9.01. The van der Waals surface area contributed by atoms with Crippen molar-refractivity contribution < 1.29 is 4.79 Å². The number of aromatic nitrogens is 3. The summed E-state index contributed by atoms with van der Waals surface area (Å²) in [5, 5.41) is 4.07. The SMILES string of the molecule is O=C(Nc1cc2nc(-c3ccc(Cl)nc3)[nH]c2cc1Cl)c1cccc(Cl)c1. The molecule has 2 heterocycles. The van der Waals surface area contributed by atoms with Crippen molar-refractivity contribution in [3.8, 4) is 11.4 Å². The molecule has 0 radical (unpaired) electrons. The van der Waals surface area contributed by atoms with Gasteiger partial charge in [0, 0.05) is 22.3 Å². The minimum atomic E-state index is -0.309. The van der Waals surface area contributed by atoms with Crippen LogP contribution in [0.1, 0.15) is 10.4 Å². The molecule has 0 saturated heterocycles.